The van der Waals surface area contributed by atoms with Crippen molar-refractivity contribution < 1.29 is 0 Å². The number of hydrogen-bond donors (Lipinski definition) is 1. The Bertz CT molecular complexity index is 823. The molecule has 0 aliphatic rings. The molecule has 0 spiro atoms. The third-order valence-electron chi connectivity index (χ3n) is 4.18. The normalized spacial score (nSPS) is 12.8. The second-order valence-corrected chi connectivity index (χ2v) is 6.77. The first-order chi connectivity index (χ1) is 12.3. The van der Waals surface area contributed by atoms with Crippen LogP contribution < -0.4 is 5.32 Å². The Morgan fingerprint density at radius 3 is 1.88 bits per heavy atom. The van der Waals surface area contributed by atoms with Crippen molar-refractivity contribution >= 4 is 17.4 Å². The van der Waals surface area contributed by atoms with Crippen LogP contribution in [0.15, 0.2) is 84.9 Å². The van der Waals surface area contributed by atoms with E-state index in [0.717, 1.165) is 5.69 Å². The van der Waals surface area contributed by atoms with Gasteiger partial charge in [-0.3, -0.25) is 0 Å². The van der Waals surface area contributed by atoms with Crippen molar-refractivity contribution in [2.45, 2.75) is 11.3 Å². The van der Waals surface area contributed by atoms with Gasteiger partial charge in [-0.25, -0.2) is 0 Å². The van der Waals surface area contributed by atoms with Gasteiger partial charge in [0.05, 0.1) is 22.9 Å². The first-order valence-electron chi connectivity index (χ1n) is 8.21. The molecule has 2 nitrogen and oxygen atoms in total. The van der Waals surface area contributed by atoms with Gasteiger partial charge < -0.3 is 5.32 Å². The molecule has 0 aromatic heterocycles. The minimum Gasteiger partial charge on any atom is -0.377 e. The van der Waals surface area contributed by atoms with Gasteiger partial charge in [0.25, 0.3) is 0 Å². The fourth-order valence-corrected chi connectivity index (χ4v) is 3.85. The van der Waals surface area contributed by atoms with Gasteiger partial charge in [-0.1, -0.05) is 60.7 Å². The number of thioether (sulfide) groups is 1. The minimum absolute atomic E-state index is 0.131. The predicted molar refractivity (Wildman–Crippen MR) is 107 cm³/mol. The van der Waals surface area contributed by atoms with Gasteiger partial charge in [0.1, 0.15) is 0 Å². The van der Waals surface area contributed by atoms with E-state index >= 15 is 0 Å². The molecule has 0 bridgehead atoms. The van der Waals surface area contributed by atoms with Crippen molar-refractivity contribution in [2.24, 2.45) is 0 Å². The lowest BCUT2D eigenvalue weighted by Gasteiger charge is -2.28. The summed E-state index contributed by atoms with van der Waals surface area (Å²) in [5, 5.41) is 12.9. The van der Waals surface area contributed by atoms with Crippen LogP contribution in [0.2, 0.25) is 0 Å². The zero-order valence-corrected chi connectivity index (χ0v) is 14.9. The molecule has 0 aliphatic carbocycles. The van der Waals surface area contributed by atoms with Gasteiger partial charge in [-0.2, -0.15) is 17.0 Å². The van der Waals surface area contributed by atoms with Crippen LogP contribution in [0.3, 0.4) is 0 Å². The fraction of sp³-hybridized carbons (Fsp3) is 0.136. The van der Waals surface area contributed by atoms with Crippen LogP contribution in [0.1, 0.15) is 28.0 Å². The van der Waals surface area contributed by atoms with E-state index in [1.165, 1.54) is 11.1 Å². The molecule has 3 heteroatoms. The van der Waals surface area contributed by atoms with E-state index in [1.54, 1.807) is 0 Å². The summed E-state index contributed by atoms with van der Waals surface area (Å²) in [5.74, 6) is 0. The van der Waals surface area contributed by atoms with E-state index in [1.807, 2.05) is 48.2 Å². The van der Waals surface area contributed by atoms with E-state index in [0.29, 0.717) is 5.56 Å². The third kappa shape index (κ3) is 4.23. The Hall–Kier alpha value is -2.70. The molecule has 0 saturated carbocycles. The fourth-order valence-electron chi connectivity index (χ4n) is 2.92. The quantitative estimate of drug-likeness (QED) is 0.612. The first-order valence-corrected chi connectivity index (χ1v) is 9.50. The number of nitrogens with one attached hydrogen (secondary N) is 1. The number of anilines is 1. The Kier molecular flexibility index (Phi) is 5.77. The van der Waals surface area contributed by atoms with Crippen LogP contribution in [0.5, 0.6) is 0 Å². The van der Waals surface area contributed by atoms with Gasteiger partial charge in [0.2, 0.25) is 0 Å². The number of benzene rings is 3. The standard InChI is InChI=1S/C22H20N2S/c1-25-22(19-10-6-3-7-11-19)21(18-8-4-2-5-9-18)24-20-14-12-17(16-23)13-15-20/h2-15,21-22,24H,1H3/t21-,22-/m0/s1. The van der Waals surface area contributed by atoms with Crippen LogP contribution in [0.25, 0.3) is 0 Å². The molecule has 3 aromatic carbocycles. The largest absolute Gasteiger partial charge is 0.377 e. The highest BCUT2D eigenvalue weighted by atomic mass is 32.2. The summed E-state index contributed by atoms with van der Waals surface area (Å²) in [6, 6.07) is 31.0. The number of rotatable bonds is 6. The molecule has 0 aliphatic heterocycles. The van der Waals surface area contributed by atoms with Crippen LogP contribution in [-0.2, 0) is 0 Å². The Morgan fingerprint density at radius 1 is 0.800 bits per heavy atom. The highest BCUT2D eigenvalue weighted by Gasteiger charge is 2.24. The summed E-state index contributed by atoms with van der Waals surface area (Å²) in [7, 11) is 0. The van der Waals surface area contributed by atoms with Gasteiger partial charge >= 0.3 is 0 Å². The van der Waals surface area contributed by atoms with Crippen molar-refractivity contribution in [1.29, 1.82) is 5.26 Å². The van der Waals surface area contributed by atoms with E-state index < -0.39 is 0 Å². The summed E-state index contributed by atoms with van der Waals surface area (Å²) in [6.07, 6.45) is 2.15. The van der Waals surface area contributed by atoms with Gasteiger partial charge in [0, 0.05) is 5.69 Å². The molecule has 124 valence electrons. The summed E-state index contributed by atoms with van der Waals surface area (Å²) in [5.41, 5.74) is 4.23. The van der Waals surface area contributed by atoms with Crippen LogP contribution in [-0.4, -0.2) is 6.26 Å². The number of nitrogens with zero attached hydrogens (tertiary/aromatic N) is 1. The molecule has 3 aromatic rings. The maximum Gasteiger partial charge on any atom is 0.0991 e. The summed E-state index contributed by atoms with van der Waals surface area (Å²) >= 11 is 1.84. The van der Waals surface area contributed by atoms with Gasteiger partial charge in [-0.05, 0) is 41.6 Å². The van der Waals surface area contributed by atoms with Crippen LogP contribution >= 0.6 is 11.8 Å². The van der Waals surface area contributed by atoms with Crippen molar-refractivity contribution in [3.63, 3.8) is 0 Å². The molecule has 2 atom stereocenters. The molecule has 0 saturated heterocycles. The predicted octanol–water partition coefficient (Wildman–Crippen LogP) is 5.82. The van der Waals surface area contributed by atoms with E-state index in [4.69, 9.17) is 5.26 Å². The zero-order valence-electron chi connectivity index (χ0n) is 14.1. The summed E-state index contributed by atoms with van der Waals surface area (Å²) in [4.78, 5) is 0. The minimum atomic E-state index is 0.131. The second-order valence-electron chi connectivity index (χ2n) is 5.79. The molecular formula is C22H20N2S. The average molecular weight is 344 g/mol. The molecule has 0 unspecified atom stereocenters. The topological polar surface area (TPSA) is 35.8 Å². The SMILES string of the molecule is CS[C@@H](c1ccccc1)[C@@H](Nc1ccc(C#N)cc1)c1ccccc1. The lowest BCUT2D eigenvalue weighted by molar-refractivity contribution is 0.758. The molecule has 3 rings (SSSR count). The molecule has 0 radical (unpaired) electrons. The Morgan fingerprint density at radius 2 is 1.36 bits per heavy atom. The van der Waals surface area contributed by atoms with Crippen molar-refractivity contribution in [1.82, 2.24) is 0 Å². The number of nitriles is 1. The summed E-state index contributed by atoms with van der Waals surface area (Å²) in [6.45, 7) is 0. The van der Waals surface area contributed by atoms with Crippen LogP contribution in [0.4, 0.5) is 5.69 Å². The lowest BCUT2D eigenvalue weighted by Crippen LogP contribution is -2.17. The highest BCUT2D eigenvalue weighted by Crippen LogP contribution is 2.40. The lowest BCUT2D eigenvalue weighted by atomic mass is 9.97. The Labute approximate surface area is 153 Å². The van der Waals surface area contributed by atoms with E-state index in [9.17, 15) is 0 Å². The monoisotopic (exact) mass is 344 g/mol. The molecule has 0 amide bonds. The molecule has 25 heavy (non-hydrogen) atoms. The van der Waals surface area contributed by atoms with E-state index in [2.05, 4.69) is 66.2 Å². The van der Waals surface area contributed by atoms with Crippen LogP contribution in [0, 0.1) is 11.3 Å². The maximum absolute atomic E-state index is 8.99. The highest BCUT2D eigenvalue weighted by molar-refractivity contribution is 7.98. The average Bonchev–Trinajstić information content (AvgIpc) is 2.70. The molecule has 1 N–H and O–H groups in total. The second kappa shape index (κ2) is 8.41. The maximum atomic E-state index is 8.99. The molecule has 0 fully saturated rings. The molecular weight excluding hydrogens is 324 g/mol. The Balaban J connectivity index is 1.96. The van der Waals surface area contributed by atoms with E-state index in [-0.39, 0.29) is 11.3 Å². The summed E-state index contributed by atoms with van der Waals surface area (Å²) < 4.78 is 0. The van der Waals surface area contributed by atoms with Gasteiger partial charge in [-0.15, -0.1) is 0 Å². The molecule has 0 heterocycles. The third-order valence-corrected chi connectivity index (χ3v) is 5.23. The van der Waals surface area contributed by atoms with Gasteiger partial charge in [0.15, 0.2) is 0 Å². The first kappa shape index (κ1) is 17.1. The smallest absolute Gasteiger partial charge is 0.0991 e. The van der Waals surface area contributed by atoms with Crippen molar-refractivity contribution in [2.75, 3.05) is 11.6 Å². The van der Waals surface area contributed by atoms with Crippen molar-refractivity contribution in [3.8, 4) is 6.07 Å². The zero-order chi connectivity index (χ0) is 17.5. The van der Waals surface area contributed by atoms with Crippen molar-refractivity contribution in [3.05, 3.63) is 102 Å². The number of hydrogen-bond acceptors (Lipinski definition) is 3.